The fraction of sp³-hybridized carbons (Fsp3) is 0. The zero-order valence-corrected chi connectivity index (χ0v) is 5.25. The van der Waals surface area contributed by atoms with Gasteiger partial charge < -0.3 is 0 Å². The third-order valence-electron chi connectivity index (χ3n) is 0.471. The average Bonchev–Trinajstić information content (AvgIpc) is 1.68. The van der Waals surface area contributed by atoms with Crippen LogP contribution in [-0.2, 0) is 0 Å². The number of allylic oxidation sites excluding steroid dienone is 2. The summed E-state index contributed by atoms with van der Waals surface area (Å²) in [6, 6.07) is 0. The molecule has 7 heavy (non-hydrogen) atoms. The molecule has 1 unspecified atom stereocenters. The molecule has 1 atom stereocenters. The highest BCUT2D eigenvalue weighted by atomic mass is 31.0. The first-order chi connectivity index (χ1) is 3.31. The van der Waals surface area contributed by atoms with Gasteiger partial charge in [0.2, 0.25) is 0 Å². The average molecular weight is 113 g/mol. The lowest BCUT2D eigenvalue weighted by atomic mass is 10.6. The fourth-order valence-corrected chi connectivity index (χ4v) is 0.310. The van der Waals surface area contributed by atoms with Crippen LogP contribution in [0.4, 0.5) is 0 Å². The molecule has 0 spiro atoms. The van der Waals surface area contributed by atoms with Crippen LogP contribution in [0.3, 0.4) is 0 Å². The molecule has 0 amide bonds. The van der Waals surface area contributed by atoms with E-state index in [1.807, 2.05) is 0 Å². The Morgan fingerprint density at radius 3 is 2.43 bits per heavy atom. The van der Waals surface area contributed by atoms with Crippen LogP contribution in [0.5, 0.6) is 0 Å². The van der Waals surface area contributed by atoms with Gasteiger partial charge in [-0.15, -0.1) is 0 Å². The normalized spacial score (nSPS) is 10.7. The first-order valence-corrected chi connectivity index (χ1v) is 2.44. The predicted octanol–water partition coefficient (Wildman–Crippen LogP) is 1.59. The van der Waals surface area contributed by atoms with E-state index in [9.17, 15) is 0 Å². The minimum absolute atomic E-state index is 0.815. The number of hydrogen-bond acceptors (Lipinski definition) is 1. The van der Waals surface area contributed by atoms with Gasteiger partial charge in [-0.1, -0.05) is 21.9 Å². The van der Waals surface area contributed by atoms with Crippen molar-refractivity contribution in [2.45, 2.75) is 0 Å². The van der Waals surface area contributed by atoms with Crippen molar-refractivity contribution in [3.05, 3.63) is 24.2 Å². The van der Waals surface area contributed by atoms with Crippen LogP contribution < -0.4 is 0 Å². The maximum atomic E-state index is 3.58. The van der Waals surface area contributed by atoms with E-state index < -0.39 is 0 Å². The van der Waals surface area contributed by atoms with Crippen LogP contribution in [0.2, 0.25) is 0 Å². The Hall–Kier alpha value is -0.420. The molecule has 0 N–H and O–H groups in total. The highest BCUT2D eigenvalue weighted by molar-refractivity contribution is 7.22. The van der Waals surface area contributed by atoms with Crippen molar-refractivity contribution >= 4 is 16.0 Å². The van der Waals surface area contributed by atoms with Crippen molar-refractivity contribution in [3.63, 3.8) is 0 Å². The van der Waals surface area contributed by atoms with Crippen LogP contribution in [0.15, 0.2) is 29.2 Å². The molecule has 1 nitrogen and oxygen atoms in total. The topological polar surface area (TPSA) is 12.4 Å². The van der Waals surface area contributed by atoms with Crippen molar-refractivity contribution in [2.75, 3.05) is 0 Å². The fourth-order valence-electron chi connectivity index (χ4n) is 0.173. The Labute approximate surface area is 46.0 Å². The summed E-state index contributed by atoms with van der Waals surface area (Å²) in [5.74, 6) is 0. The zero-order valence-electron chi connectivity index (χ0n) is 4.09. The summed E-state index contributed by atoms with van der Waals surface area (Å²) in [7, 11) is 2.42. The number of nitrogens with zero attached hydrogens (tertiary/aromatic N) is 1. The molecule has 0 aliphatic carbocycles. The van der Waals surface area contributed by atoms with E-state index in [0.717, 1.165) is 5.44 Å². The maximum Gasteiger partial charge on any atom is 0.0561 e. The van der Waals surface area contributed by atoms with Crippen molar-refractivity contribution in [3.8, 4) is 0 Å². The van der Waals surface area contributed by atoms with Gasteiger partial charge in [-0.2, -0.15) is 0 Å². The highest BCUT2D eigenvalue weighted by Crippen LogP contribution is 2.03. The van der Waals surface area contributed by atoms with Crippen LogP contribution in [-0.4, -0.2) is 6.72 Å². The second-order valence-electron chi connectivity index (χ2n) is 0.985. The van der Waals surface area contributed by atoms with Gasteiger partial charge in [0.05, 0.1) is 5.44 Å². The van der Waals surface area contributed by atoms with E-state index in [2.05, 4.69) is 27.5 Å². The molecule has 0 radical (unpaired) electrons. The van der Waals surface area contributed by atoms with Gasteiger partial charge in [0.25, 0.3) is 0 Å². The Bertz CT molecular complexity index is 105. The summed E-state index contributed by atoms with van der Waals surface area (Å²) in [4.78, 5) is 3.58. The standard InChI is InChI=1S/C5H8NP/c1-3-4-5(7)6-2/h3-4H,1-2,7H2/b5-4+. The van der Waals surface area contributed by atoms with Gasteiger partial charge in [0, 0.05) is 0 Å². The molecule has 0 aliphatic rings. The van der Waals surface area contributed by atoms with Crippen LogP contribution in [0.25, 0.3) is 0 Å². The van der Waals surface area contributed by atoms with E-state index in [1.54, 1.807) is 12.2 Å². The van der Waals surface area contributed by atoms with Crippen molar-refractivity contribution in [2.24, 2.45) is 4.99 Å². The quantitative estimate of drug-likeness (QED) is 0.293. The zero-order chi connectivity index (χ0) is 5.70. The molecule has 0 rings (SSSR count). The Morgan fingerprint density at radius 2 is 2.29 bits per heavy atom. The Kier molecular flexibility index (Phi) is 3.53. The largest absolute Gasteiger partial charge is 0.265 e. The predicted molar refractivity (Wildman–Crippen MR) is 37.5 cm³/mol. The van der Waals surface area contributed by atoms with Gasteiger partial charge in [0.1, 0.15) is 0 Å². The van der Waals surface area contributed by atoms with Gasteiger partial charge in [-0.3, -0.25) is 4.99 Å². The number of hydrogen-bond donors (Lipinski definition) is 0. The molecule has 0 aromatic heterocycles. The van der Waals surface area contributed by atoms with Crippen LogP contribution in [0, 0.1) is 0 Å². The molecule has 0 saturated heterocycles. The summed E-state index contributed by atoms with van der Waals surface area (Å²) < 4.78 is 0. The van der Waals surface area contributed by atoms with Crippen molar-refractivity contribution in [1.29, 1.82) is 0 Å². The minimum Gasteiger partial charge on any atom is -0.265 e. The van der Waals surface area contributed by atoms with E-state index in [1.165, 1.54) is 0 Å². The number of rotatable bonds is 2. The monoisotopic (exact) mass is 113 g/mol. The van der Waals surface area contributed by atoms with Gasteiger partial charge >= 0.3 is 0 Å². The molecule has 0 fully saturated rings. The Balaban J connectivity index is 3.72. The summed E-state index contributed by atoms with van der Waals surface area (Å²) in [5, 5.41) is 0. The van der Waals surface area contributed by atoms with E-state index in [0.29, 0.717) is 0 Å². The second kappa shape index (κ2) is 3.76. The third kappa shape index (κ3) is 3.41. The summed E-state index contributed by atoms with van der Waals surface area (Å²) >= 11 is 0. The maximum absolute atomic E-state index is 3.58. The number of aliphatic imine (C=N–C) groups is 1. The molecule has 0 heterocycles. The lowest BCUT2D eigenvalue weighted by molar-refractivity contribution is 1.57. The van der Waals surface area contributed by atoms with E-state index in [-0.39, 0.29) is 0 Å². The summed E-state index contributed by atoms with van der Waals surface area (Å²) in [5.41, 5.74) is 0.815. The highest BCUT2D eigenvalue weighted by Gasteiger charge is 1.70. The first kappa shape index (κ1) is 6.58. The van der Waals surface area contributed by atoms with Crippen molar-refractivity contribution in [1.82, 2.24) is 0 Å². The van der Waals surface area contributed by atoms with E-state index >= 15 is 0 Å². The second-order valence-corrected chi connectivity index (χ2v) is 1.58. The molecule has 0 aromatic rings. The van der Waals surface area contributed by atoms with Crippen LogP contribution in [0.1, 0.15) is 0 Å². The van der Waals surface area contributed by atoms with Gasteiger partial charge in [-0.05, 0) is 12.8 Å². The lowest BCUT2D eigenvalue weighted by Gasteiger charge is -1.80. The summed E-state index contributed by atoms with van der Waals surface area (Å²) in [6.45, 7) is 6.76. The molecule has 38 valence electrons. The van der Waals surface area contributed by atoms with Crippen molar-refractivity contribution < 1.29 is 0 Å². The van der Waals surface area contributed by atoms with Gasteiger partial charge in [0.15, 0.2) is 0 Å². The minimum atomic E-state index is 0.815. The van der Waals surface area contributed by atoms with E-state index in [4.69, 9.17) is 0 Å². The van der Waals surface area contributed by atoms with Crippen LogP contribution >= 0.6 is 9.24 Å². The molecule has 0 aliphatic heterocycles. The van der Waals surface area contributed by atoms with Gasteiger partial charge in [-0.25, -0.2) is 0 Å². The third-order valence-corrected chi connectivity index (χ3v) is 0.846. The lowest BCUT2D eigenvalue weighted by Crippen LogP contribution is -1.53. The molecule has 0 bridgehead atoms. The molecule has 0 aromatic carbocycles. The molecular formula is C5H8NP. The smallest absolute Gasteiger partial charge is 0.0561 e. The first-order valence-electron chi connectivity index (χ1n) is 1.86. The molecule has 2 heteroatoms. The molecule has 0 saturated carbocycles. The Morgan fingerprint density at radius 1 is 1.71 bits per heavy atom. The summed E-state index contributed by atoms with van der Waals surface area (Å²) in [6.07, 6.45) is 3.43. The SMILES string of the molecule is C=C/C=C(/P)N=C. The molecular weight excluding hydrogens is 105 g/mol.